The lowest BCUT2D eigenvalue weighted by Crippen LogP contribution is -2.30. The number of benzene rings is 1. The number of nitrogens with zero attached hydrogens (tertiary/aromatic N) is 1. The fraction of sp³-hybridized carbons (Fsp3) is 0.250. The summed E-state index contributed by atoms with van der Waals surface area (Å²) in [6.07, 6.45) is 0. The number of amides is 1. The third-order valence-corrected chi connectivity index (χ3v) is 4.08. The number of para-hydroxylation sites is 2. The maximum atomic E-state index is 12.2. The molecule has 0 saturated carbocycles. The Bertz CT molecular complexity index is 699. The van der Waals surface area contributed by atoms with Gasteiger partial charge in [-0.25, -0.2) is 4.79 Å². The van der Waals surface area contributed by atoms with E-state index in [4.69, 9.17) is 9.47 Å². The molecule has 0 saturated heterocycles. The number of likely N-dealkylation sites (N-methyl/N-ethyl adjacent to an activating group) is 1. The first-order valence-electron chi connectivity index (χ1n) is 6.86. The van der Waals surface area contributed by atoms with E-state index < -0.39 is 5.97 Å². The van der Waals surface area contributed by atoms with Crippen LogP contribution in [0.15, 0.2) is 35.7 Å². The van der Waals surface area contributed by atoms with E-state index in [9.17, 15) is 9.59 Å². The Balaban J connectivity index is 2.05. The van der Waals surface area contributed by atoms with Crippen molar-refractivity contribution >= 4 is 34.6 Å². The monoisotopic (exact) mass is 334 g/mol. The summed E-state index contributed by atoms with van der Waals surface area (Å²) in [6.45, 7) is 0.122. The normalized spacial score (nSPS) is 10.0. The van der Waals surface area contributed by atoms with Crippen LogP contribution < -0.4 is 15.0 Å². The van der Waals surface area contributed by atoms with Crippen LogP contribution in [0.4, 0.5) is 11.4 Å². The van der Waals surface area contributed by atoms with Gasteiger partial charge in [0.2, 0.25) is 5.91 Å². The summed E-state index contributed by atoms with van der Waals surface area (Å²) in [5.74, 6) is -0.0103. The van der Waals surface area contributed by atoms with Crippen molar-refractivity contribution in [2.45, 2.75) is 0 Å². The van der Waals surface area contributed by atoms with Crippen molar-refractivity contribution in [3.05, 3.63) is 40.6 Å². The fourth-order valence-electron chi connectivity index (χ4n) is 2.09. The van der Waals surface area contributed by atoms with Gasteiger partial charge in [-0.3, -0.25) is 4.79 Å². The number of nitrogens with one attached hydrogen (secondary N) is 1. The second-order valence-electron chi connectivity index (χ2n) is 4.73. The second-order valence-corrected chi connectivity index (χ2v) is 5.65. The summed E-state index contributed by atoms with van der Waals surface area (Å²) in [6, 6.07) is 9.12. The molecule has 1 aromatic heterocycles. The van der Waals surface area contributed by atoms with E-state index in [0.29, 0.717) is 16.3 Å². The van der Waals surface area contributed by atoms with E-state index in [2.05, 4.69) is 5.32 Å². The summed E-state index contributed by atoms with van der Waals surface area (Å²) >= 11 is 1.22. The van der Waals surface area contributed by atoms with Gasteiger partial charge in [0, 0.05) is 7.05 Å². The molecule has 0 aliphatic heterocycles. The van der Waals surface area contributed by atoms with Crippen LogP contribution in [0.5, 0.6) is 5.75 Å². The van der Waals surface area contributed by atoms with Crippen molar-refractivity contribution in [3.63, 3.8) is 0 Å². The van der Waals surface area contributed by atoms with Gasteiger partial charge in [-0.05, 0) is 23.6 Å². The Morgan fingerprint density at radius 3 is 2.65 bits per heavy atom. The Kier molecular flexibility index (Phi) is 5.59. The lowest BCUT2D eigenvalue weighted by molar-refractivity contribution is -0.114. The maximum absolute atomic E-state index is 12.2. The molecule has 2 aromatic rings. The van der Waals surface area contributed by atoms with Gasteiger partial charge in [0.05, 0.1) is 32.1 Å². The van der Waals surface area contributed by atoms with Gasteiger partial charge < -0.3 is 19.7 Å². The molecule has 1 aromatic carbocycles. The van der Waals surface area contributed by atoms with E-state index in [-0.39, 0.29) is 12.5 Å². The predicted molar refractivity (Wildman–Crippen MR) is 90.6 cm³/mol. The lowest BCUT2D eigenvalue weighted by Gasteiger charge is -2.21. The molecule has 7 heteroatoms. The third-order valence-electron chi connectivity index (χ3n) is 3.19. The Labute approximate surface area is 138 Å². The van der Waals surface area contributed by atoms with Gasteiger partial charge >= 0.3 is 5.97 Å². The van der Waals surface area contributed by atoms with Gasteiger partial charge in [-0.2, -0.15) is 0 Å². The third kappa shape index (κ3) is 4.01. The number of rotatable bonds is 6. The topological polar surface area (TPSA) is 67.9 Å². The minimum Gasteiger partial charge on any atom is -0.495 e. The first-order valence-corrected chi connectivity index (χ1v) is 7.74. The largest absolute Gasteiger partial charge is 0.495 e. The molecule has 23 heavy (non-hydrogen) atoms. The molecule has 122 valence electrons. The molecule has 0 radical (unpaired) electrons. The van der Waals surface area contributed by atoms with E-state index in [0.717, 1.165) is 5.69 Å². The predicted octanol–water partition coefficient (Wildman–Crippen LogP) is 2.62. The van der Waals surface area contributed by atoms with Gasteiger partial charge in [0.1, 0.15) is 10.6 Å². The Morgan fingerprint density at radius 1 is 1.22 bits per heavy atom. The molecular formula is C16H18N2O4S. The number of esters is 1. The molecule has 0 spiro atoms. The Morgan fingerprint density at radius 2 is 1.96 bits per heavy atom. The summed E-state index contributed by atoms with van der Waals surface area (Å²) in [5, 5.41) is 4.46. The number of hydrogen-bond donors (Lipinski definition) is 1. The van der Waals surface area contributed by atoms with Crippen LogP contribution in [0.2, 0.25) is 0 Å². The standard InChI is InChI=1S/C16H18N2O4S/c1-18(12-6-4-5-7-13(12)21-2)10-14(19)17-11-8-9-23-15(11)16(20)22-3/h4-9H,10H2,1-3H3,(H,17,19). The van der Waals surface area contributed by atoms with Crippen LogP contribution in [0.3, 0.4) is 0 Å². The van der Waals surface area contributed by atoms with E-state index in [1.54, 1.807) is 30.5 Å². The van der Waals surface area contributed by atoms with Crippen molar-refractivity contribution in [2.24, 2.45) is 0 Å². The van der Waals surface area contributed by atoms with Crippen LogP contribution in [-0.2, 0) is 9.53 Å². The second kappa shape index (κ2) is 7.64. The number of anilines is 2. The van der Waals surface area contributed by atoms with E-state index in [1.807, 2.05) is 24.3 Å². The quantitative estimate of drug-likeness (QED) is 0.823. The van der Waals surface area contributed by atoms with Gasteiger partial charge in [-0.1, -0.05) is 12.1 Å². The van der Waals surface area contributed by atoms with Gasteiger partial charge in [0.15, 0.2) is 0 Å². The molecule has 2 rings (SSSR count). The molecule has 1 amide bonds. The van der Waals surface area contributed by atoms with Crippen LogP contribution in [0, 0.1) is 0 Å². The summed E-state index contributed by atoms with van der Waals surface area (Å²) < 4.78 is 9.98. The fourth-order valence-corrected chi connectivity index (χ4v) is 2.86. The highest BCUT2D eigenvalue weighted by Crippen LogP contribution is 2.27. The molecule has 0 fully saturated rings. The van der Waals surface area contributed by atoms with Crippen LogP contribution >= 0.6 is 11.3 Å². The number of carbonyl (C=O) groups excluding carboxylic acids is 2. The van der Waals surface area contributed by atoms with Crippen molar-refractivity contribution in [1.29, 1.82) is 0 Å². The molecule has 1 heterocycles. The van der Waals surface area contributed by atoms with Crippen LogP contribution in [0.1, 0.15) is 9.67 Å². The summed E-state index contributed by atoms with van der Waals surface area (Å²) in [5.41, 5.74) is 1.27. The zero-order valence-electron chi connectivity index (χ0n) is 13.2. The number of methoxy groups -OCH3 is 2. The highest BCUT2D eigenvalue weighted by Gasteiger charge is 2.17. The number of carbonyl (C=O) groups is 2. The minimum absolute atomic E-state index is 0.122. The zero-order chi connectivity index (χ0) is 16.8. The number of thiophene rings is 1. The highest BCUT2D eigenvalue weighted by atomic mass is 32.1. The SMILES string of the molecule is COC(=O)c1sccc1NC(=O)CN(C)c1ccccc1OC. The molecule has 0 bridgehead atoms. The molecule has 0 atom stereocenters. The minimum atomic E-state index is -0.464. The smallest absolute Gasteiger partial charge is 0.350 e. The first-order chi connectivity index (χ1) is 11.1. The summed E-state index contributed by atoms with van der Waals surface area (Å²) in [7, 11) is 4.69. The van der Waals surface area contributed by atoms with Crippen molar-refractivity contribution in [1.82, 2.24) is 0 Å². The van der Waals surface area contributed by atoms with Crippen molar-refractivity contribution in [3.8, 4) is 5.75 Å². The average molecular weight is 334 g/mol. The van der Waals surface area contributed by atoms with Crippen LogP contribution in [-0.4, -0.2) is 39.7 Å². The van der Waals surface area contributed by atoms with Crippen molar-refractivity contribution < 1.29 is 19.1 Å². The zero-order valence-corrected chi connectivity index (χ0v) is 14.0. The Hall–Kier alpha value is -2.54. The molecule has 0 aliphatic carbocycles. The number of hydrogen-bond acceptors (Lipinski definition) is 6. The van der Waals surface area contributed by atoms with Gasteiger partial charge in [0.25, 0.3) is 0 Å². The molecule has 0 unspecified atom stereocenters. The van der Waals surface area contributed by atoms with E-state index >= 15 is 0 Å². The summed E-state index contributed by atoms with van der Waals surface area (Å²) in [4.78, 5) is 26.0. The molecule has 1 N–H and O–H groups in total. The van der Waals surface area contributed by atoms with Crippen molar-refractivity contribution in [2.75, 3.05) is 38.0 Å². The lowest BCUT2D eigenvalue weighted by atomic mass is 10.2. The van der Waals surface area contributed by atoms with Gasteiger partial charge in [-0.15, -0.1) is 11.3 Å². The molecular weight excluding hydrogens is 316 g/mol. The molecule has 6 nitrogen and oxygen atoms in total. The van der Waals surface area contributed by atoms with Crippen LogP contribution in [0.25, 0.3) is 0 Å². The average Bonchev–Trinajstić information content (AvgIpc) is 3.01. The maximum Gasteiger partial charge on any atom is 0.350 e. The highest BCUT2D eigenvalue weighted by molar-refractivity contribution is 7.12. The first kappa shape index (κ1) is 16.8. The number of ether oxygens (including phenoxy) is 2. The molecule has 0 aliphatic rings. The van der Waals surface area contributed by atoms with E-state index in [1.165, 1.54) is 18.4 Å².